The van der Waals surface area contributed by atoms with E-state index in [1.54, 1.807) is 0 Å². The van der Waals surface area contributed by atoms with Crippen LogP contribution >= 0.6 is 11.6 Å². The van der Waals surface area contributed by atoms with Crippen LogP contribution in [0.3, 0.4) is 0 Å². The second-order valence-corrected chi connectivity index (χ2v) is 12.9. The molecule has 222 valence electrons. The van der Waals surface area contributed by atoms with Crippen LogP contribution in [0.4, 0.5) is 10.5 Å². The summed E-state index contributed by atoms with van der Waals surface area (Å²) in [6.07, 6.45) is 2.49. The normalized spacial score (nSPS) is 20.1. The third-order valence-electron chi connectivity index (χ3n) is 7.83. The Morgan fingerprint density at radius 2 is 1.66 bits per heavy atom. The van der Waals surface area contributed by atoms with Gasteiger partial charge in [0.05, 0.1) is 12.2 Å². The van der Waals surface area contributed by atoms with Gasteiger partial charge in [0, 0.05) is 50.0 Å². The standard InChI is InChI=1S/C33H44ClN3O4/c1-6-40-30(38)25-9-13-28(14-10-25)37-19-17-36(18-20-37)22-26-21-33(5,23-35-31(39)41-32(2,3)4)16-15-29(26)24-7-11-27(34)12-8-24/h7-14H,6,15-23H2,1-5H3,(H,35,39). The Morgan fingerprint density at radius 3 is 2.27 bits per heavy atom. The first-order chi connectivity index (χ1) is 19.4. The smallest absolute Gasteiger partial charge is 0.407 e. The van der Waals surface area contributed by atoms with Crippen molar-refractivity contribution in [2.75, 3.05) is 50.8 Å². The lowest BCUT2D eigenvalue weighted by Crippen LogP contribution is -2.47. The van der Waals surface area contributed by atoms with Crippen molar-refractivity contribution in [1.82, 2.24) is 10.2 Å². The Balaban J connectivity index is 1.43. The monoisotopic (exact) mass is 581 g/mol. The molecule has 2 aliphatic rings. The fourth-order valence-electron chi connectivity index (χ4n) is 5.67. The molecule has 1 atom stereocenters. The summed E-state index contributed by atoms with van der Waals surface area (Å²) in [5, 5.41) is 3.77. The molecule has 1 unspecified atom stereocenters. The van der Waals surface area contributed by atoms with Crippen LogP contribution in [0, 0.1) is 5.41 Å². The van der Waals surface area contributed by atoms with E-state index < -0.39 is 5.60 Å². The molecular weight excluding hydrogens is 538 g/mol. The number of nitrogens with one attached hydrogen (secondary N) is 1. The van der Waals surface area contributed by atoms with Crippen molar-refractivity contribution in [2.24, 2.45) is 5.41 Å². The number of alkyl carbamates (subject to hydrolysis) is 1. The van der Waals surface area contributed by atoms with Crippen molar-refractivity contribution in [3.63, 3.8) is 0 Å². The number of carbonyl (C=O) groups excluding carboxylic acids is 2. The van der Waals surface area contributed by atoms with Crippen LogP contribution in [0.1, 0.15) is 69.8 Å². The molecule has 1 saturated heterocycles. The number of hydrogen-bond acceptors (Lipinski definition) is 6. The van der Waals surface area contributed by atoms with Crippen molar-refractivity contribution < 1.29 is 19.1 Å². The molecule has 1 fully saturated rings. The number of halogens is 1. The molecule has 1 aliphatic carbocycles. The van der Waals surface area contributed by atoms with E-state index >= 15 is 0 Å². The summed E-state index contributed by atoms with van der Waals surface area (Å²) in [7, 11) is 0. The van der Waals surface area contributed by atoms with Gasteiger partial charge in [-0.1, -0.05) is 36.2 Å². The van der Waals surface area contributed by atoms with Crippen LogP contribution in [0.15, 0.2) is 54.1 Å². The summed E-state index contributed by atoms with van der Waals surface area (Å²) in [6, 6.07) is 15.9. The largest absolute Gasteiger partial charge is 0.462 e. The van der Waals surface area contributed by atoms with Crippen molar-refractivity contribution in [1.29, 1.82) is 0 Å². The van der Waals surface area contributed by atoms with Gasteiger partial charge in [0.1, 0.15) is 5.60 Å². The van der Waals surface area contributed by atoms with E-state index in [0.717, 1.165) is 62.7 Å². The highest BCUT2D eigenvalue weighted by Crippen LogP contribution is 2.43. The van der Waals surface area contributed by atoms with Crippen molar-refractivity contribution >= 4 is 34.9 Å². The van der Waals surface area contributed by atoms with Crippen LogP contribution in [-0.4, -0.2) is 68.4 Å². The van der Waals surface area contributed by atoms with Gasteiger partial charge in [-0.05, 0) is 99.9 Å². The van der Waals surface area contributed by atoms with E-state index in [9.17, 15) is 9.59 Å². The van der Waals surface area contributed by atoms with Gasteiger partial charge >= 0.3 is 12.1 Å². The van der Waals surface area contributed by atoms with Crippen LogP contribution < -0.4 is 10.2 Å². The predicted octanol–water partition coefficient (Wildman–Crippen LogP) is 6.81. The van der Waals surface area contributed by atoms with Gasteiger partial charge in [-0.15, -0.1) is 0 Å². The maximum Gasteiger partial charge on any atom is 0.407 e. The van der Waals surface area contributed by atoms with Crippen LogP contribution in [0.2, 0.25) is 5.02 Å². The molecule has 0 radical (unpaired) electrons. The number of amides is 1. The summed E-state index contributed by atoms with van der Waals surface area (Å²) < 4.78 is 10.6. The fourth-order valence-corrected chi connectivity index (χ4v) is 5.80. The lowest BCUT2D eigenvalue weighted by molar-refractivity contribution is 0.0495. The first-order valence-corrected chi connectivity index (χ1v) is 15.0. The Kier molecular flexibility index (Phi) is 10.0. The number of piperazine rings is 1. The SMILES string of the molecule is CCOC(=O)c1ccc(N2CCN(CC3=C(c4ccc(Cl)cc4)CCC(C)(CNC(=O)OC(C)(C)C)C3)CC2)cc1. The molecule has 8 heteroatoms. The zero-order valence-electron chi connectivity index (χ0n) is 25.1. The zero-order chi connectivity index (χ0) is 29.6. The lowest BCUT2D eigenvalue weighted by Gasteiger charge is -2.41. The molecule has 0 spiro atoms. The van der Waals surface area contributed by atoms with E-state index in [1.165, 1.54) is 16.7 Å². The number of benzene rings is 2. The van der Waals surface area contributed by atoms with E-state index in [2.05, 4.69) is 34.2 Å². The number of esters is 1. The highest BCUT2D eigenvalue weighted by atomic mass is 35.5. The van der Waals surface area contributed by atoms with Gasteiger partial charge in [-0.25, -0.2) is 9.59 Å². The van der Waals surface area contributed by atoms with E-state index in [-0.39, 0.29) is 17.5 Å². The van der Waals surface area contributed by atoms with Crippen molar-refractivity contribution in [3.05, 3.63) is 70.3 Å². The van der Waals surface area contributed by atoms with E-state index in [0.29, 0.717) is 18.7 Å². The van der Waals surface area contributed by atoms with E-state index in [1.807, 2.05) is 64.1 Å². The maximum atomic E-state index is 12.4. The number of allylic oxidation sites excluding steroid dienone is 1. The van der Waals surface area contributed by atoms with Crippen LogP contribution in [-0.2, 0) is 9.47 Å². The van der Waals surface area contributed by atoms with Gasteiger partial charge in [0.15, 0.2) is 0 Å². The number of ether oxygens (including phenoxy) is 2. The summed E-state index contributed by atoms with van der Waals surface area (Å²) in [4.78, 5) is 29.3. The minimum absolute atomic E-state index is 0.0509. The molecular formula is C33H44ClN3O4. The number of rotatable bonds is 8. The molecule has 2 aromatic carbocycles. The molecule has 1 aliphatic heterocycles. The average Bonchev–Trinajstić information content (AvgIpc) is 2.93. The molecule has 1 amide bonds. The van der Waals surface area contributed by atoms with Crippen LogP contribution in [0.25, 0.3) is 5.57 Å². The van der Waals surface area contributed by atoms with Gasteiger partial charge in [-0.3, -0.25) is 4.90 Å². The summed E-state index contributed by atoms with van der Waals surface area (Å²) in [6.45, 7) is 15.3. The van der Waals surface area contributed by atoms with Gasteiger partial charge in [0.25, 0.3) is 0 Å². The Hall–Kier alpha value is -3.03. The summed E-state index contributed by atoms with van der Waals surface area (Å²) in [5.41, 5.74) is 5.19. The highest BCUT2D eigenvalue weighted by molar-refractivity contribution is 6.30. The number of anilines is 1. The summed E-state index contributed by atoms with van der Waals surface area (Å²) in [5.74, 6) is -0.283. The third kappa shape index (κ3) is 8.73. The minimum atomic E-state index is -0.518. The van der Waals surface area contributed by atoms with Gasteiger partial charge in [-0.2, -0.15) is 0 Å². The maximum absolute atomic E-state index is 12.4. The van der Waals surface area contributed by atoms with Gasteiger partial charge < -0.3 is 19.7 Å². The zero-order valence-corrected chi connectivity index (χ0v) is 25.9. The van der Waals surface area contributed by atoms with Crippen LogP contribution in [0.5, 0.6) is 0 Å². The summed E-state index contributed by atoms with van der Waals surface area (Å²) >= 11 is 6.20. The molecule has 41 heavy (non-hydrogen) atoms. The molecule has 1 heterocycles. The molecule has 2 aromatic rings. The molecule has 0 bridgehead atoms. The third-order valence-corrected chi connectivity index (χ3v) is 8.08. The number of hydrogen-bond donors (Lipinski definition) is 1. The second kappa shape index (κ2) is 13.3. The first kappa shape index (κ1) is 30.9. The Bertz CT molecular complexity index is 1230. The topological polar surface area (TPSA) is 71.1 Å². The Morgan fingerprint density at radius 1 is 1.00 bits per heavy atom. The van der Waals surface area contributed by atoms with Gasteiger partial charge in [0.2, 0.25) is 0 Å². The lowest BCUT2D eigenvalue weighted by atomic mass is 9.71. The molecule has 0 saturated carbocycles. The molecule has 7 nitrogen and oxygen atoms in total. The molecule has 1 N–H and O–H groups in total. The average molecular weight is 582 g/mol. The second-order valence-electron chi connectivity index (χ2n) is 12.5. The minimum Gasteiger partial charge on any atom is -0.462 e. The quantitative estimate of drug-likeness (QED) is 0.345. The number of nitrogens with zero attached hydrogens (tertiary/aromatic N) is 2. The molecule has 0 aromatic heterocycles. The first-order valence-electron chi connectivity index (χ1n) is 14.6. The molecule has 4 rings (SSSR count). The predicted molar refractivity (Wildman–Crippen MR) is 166 cm³/mol. The highest BCUT2D eigenvalue weighted by Gasteiger charge is 2.34. The number of carbonyl (C=O) groups is 2. The van der Waals surface area contributed by atoms with E-state index in [4.69, 9.17) is 21.1 Å². The fraction of sp³-hybridized carbons (Fsp3) is 0.515. The van der Waals surface area contributed by atoms with Crippen molar-refractivity contribution in [3.8, 4) is 0 Å². The van der Waals surface area contributed by atoms with Crippen molar-refractivity contribution in [2.45, 2.75) is 59.5 Å². The Labute approximate surface area is 249 Å².